The highest BCUT2D eigenvalue weighted by Gasteiger charge is 2.36. The molecule has 2 aromatic carbocycles. The summed E-state index contributed by atoms with van der Waals surface area (Å²) in [6.07, 6.45) is 0.982. The number of benzene rings is 2. The quantitative estimate of drug-likeness (QED) is 0.308. The molecule has 3 amide bonds. The lowest BCUT2D eigenvalue weighted by Gasteiger charge is -2.38. The molecule has 5 rings (SSSR count). The number of aromatic nitrogens is 1. The summed E-state index contributed by atoms with van der Waals surface area (Å²) in [5, 5.41) is 5.30. The Kier molecular flexibility index (Phi) is 8.58. The van der Waals surface area contributed by atoms with Gasteiger partial charge in [0.15, 0.2) is 5.82 Å². The molecule has 0 radical (unpaired) electrons. The predicted octanol–water partition coefficient (Wildman–Crippen LogP) is 7.24. The SMILES string of the molecule is COC(=O)Nc1ccc2c(c1)NC(=O)[C@H](C)CCC[C@H](N1CC[C@H](c3c(F)ccc(Cl)c3F)OC1=O)c1ccnc-2c1. The first-order valence-electron chi connectivity index (χ1n) is 13.5. The van der Waals surface area contributed by atoms with E-state index < -0.39 is 36.0 Å². The number of anilines is 2. The van der Waals surface area contributed by atoms with Gasteiger partial charge in [0, 0.05) is 36.3 Å². The average Bonchev–Trinajstić information content (AvgIpc) is 2.97. The molecule has 1 fully saturated rings. The number of methoxy groups -OCH3 is 1. The van der Waals surface area contributed by atoms with Crippen LogP contribution in [0, 0.1) is 17.6 Å². The number of pyridine rings is 1. The molecule has 1 aromatic heterocycles. The number of hydrogen-bond donors (Lipinski definition) is 2. The minimum absolute atomic E-state index is 0.159. The summed E-state index contributed by atoms with van der Waals surface area (Å²) < 4.78 is 39.4. The van der Waals surface area contributed by atoms with Crippen molar-refractivity contribution in [1.29, 1.82) is 0 Å². The third-order valence-electron chi connectivity index (χ3n) is 7.60. The molecule has 220 valence electrons. The fourth-order valence-corrected chi connectivity index (χ4v) is 5.51. The van der Waals surface area contributed by atoms with Crippen molar-refractivity contribution in [2.75, 3.05) is 24.3 Å². The summed E-state index contributed by atoms with van der Waals surface area (Å²) in [5.74, 6) is -2.33. The van der Waals surface area contributed by atoms with Crippen molar-refractivity contribution in [3.63, 3.8) is 0 Å². The molecule has 9 nitrogen and oxygen atoms in total. The Hall–Kier alpha value is -4.25. The van der Waals surface area contributed by atoms with Crippen molar-refractivity contribution in [2.45, 2.75) is 44.8 Å². The lowest BCUT2D eigenvalue weighted by molar-refractivity contribution is -0.119. The van der Waals surface area contributed by atoms with E-state index in [2.05, 4.69) is 20.4 Å². The molecule has 2 bridgehead atoms. The van der Waals surface area contributed by atoms with Crippen molar-refractivity contribution in [3.8, 4) is 11.3 Å². The normalized spacial score (nSPS) is 20.8. The number of carbonyl (C=O) groups excluding carboxylic acids is 3. The van der Waals surface area contributed by atoms with Crippen LogP contribution in [0.3, 0.4) is 0 Å². The highest BCUT2D eigenvalue weighted by atomic mass is 35.5. The molecule has 0 unspecified atom stereocenters. The molecule has 2 N–H and O–H groups in total. The zero-order chi connectivity index (χ0) is 30.0. The Bertz CT molecular complexity index is 1540. The maximum Gasteiger partial charge on any atom is 0.411 e. The number of cyclic esters (lactones) is 1. The molecular formula is C30H29ClF2N4O5. The maximum absolute atomic E-state index is 14.7. The lowest BCUT2D eigenvalue weighted by atomic mass is 9.93. The molecular weight excluding hydrogens is 570 g/mol. The van der Waals surface area contributed by atoms with E-state index in [1.807, 2.05) is 19.1 Å². The Morgan fingerprint density at radius 3 is 2.71 bits per heavy atom. The third kappa shape index (κ3) is 6.01. The van der Waals surface area contributed by atoms with Crippen molar-refractivity contribution >= 4 is 41.1 Å². The van der Waals surface area contributed by atoms with E-state index in [4.69, 9.17) is 16.3 Å². The monoisotopic (exact) mass is 598 g/mol. The van der Waals surface area contributed by atoms with Crippen molar-refractivity contribution in [1.82, 2.24) is 9.88 Å². The highest BCUT2D eigenvalue weighted by Crippen LogP contribution is 2.39. The van der Waals surface area contributed by atoms with E-state index in [1.54, 1.807) is 29.3 Å². The first kappa shape index (κ1) is 29.2. The van der Waals surface area contributed by atoms with Gasteiger partial charge >= 0.3 is 12.2 Å². The number of ether oxygens (including phenoxy) is 2. The number of nitrogens with zero attached hydrogens (tertiary/aromatic N) is 2. The van der Waals surface area contributed by atoms with Crippen molar-refractivity contribution in [2.24, 2.45) is 5.92 Å². The standard InChI is InChI=1S/C30H29ClF2N4O5/c1-16-4-3-5-24(37-13-11-25(42-30(37)40)26-21(32)9-8-20(31)27(26)33)17-10-12-34-22(14-17)19-7-6-18(35-29(39)41-2)15-23(19)36-28(16)38/h6-10,12,14-16,24-25H,3-5,11,13H2,1-2H3,(H,35,39)(H,36,38)/t16-,24+,25-/m1/s1. The van der Waals surface area contributed by atoms with Crippen LogP contribution in [0.1, 0.15) is 55.9 Å². The number of rotatable bonds is 3. The molecule has 12 heteroatoms. The first-order valence-corrected chi connectivity index (χ1v) is 13.9. The van der Waals surface area contributed by atoms with E-state index in [0.717, 1.165) is 17.7 Å². The molecule has 3 atom stereocenters. The van der Waals surface area contributed by atoms with E-state index in [1.165, 1.54) is 7.11 Å². The Morgan fingerprint density at radius 2 is 1.95 bits per heavy atom. The van der Waals surface area contributed by atoms with Crippen LogP contribution in [-0.4, -0.2) is 41.6 Å². The van der Waals surface area contributed by atoms with E-state index in [9.17, 15) is 23.2 Å². The molecule has 0 aliphatic carbocycles. The van der Waals surface area contributed by atoms with Crippen LogP contribution in [-0.2, 0) is 14.3 Å². The van der Waals surface area contributed by atoms with Crippen LogP contribution < -0.4 is 10.6 Å². The number of nitrogens with one attached hydrogen (secondary N) is 2. The molecule has 0 spiro atoms. The summed E-state index contributed by atoms with van der Waals surface area (Å²) in [4.78, 5) is 44.2. The van der Waals surface area contributed by atoms with Gasteiger partial charge in [-0.1, -0.05) is 24.9 Å². The van der Waals surface area contributed by atoms with Crippen LogP contribution in [0.4, 0.5) is 29.7 Å². The molecule has 2 aliphatic rings. The van der Waals surface area contributed by atoms with Gasteiger partial charge in [0.25, 0.3) is 0 Å². The number of carbonyl (C=O) groups is 3. The molecule has 2 aliphatic heterocycles. The minimum Gasteiger partial charge on any atom is -0.453 e. The lowest BCUT2D eigenvalue weighted by Crippen LogP contribution is -2.42. The van der Waals surface area contributed by atoms with Gasteiger partial charge in [0.1, 0.15) is 11.9 Å². The summed E-state index contributed by atoms with van der Waals surface area (Å²) in [6, 6.07) is 10.4. The van der Waals surface area contributed by atoms with Gasteiger partial charge in [-0.05, 0) is 60.9 Å². The number of halogens is 3. The van der Waals surface area contributed by atoms with Crippen LogP contribution in [0.5, 0.6) is 0 Å². The van der Waals surface area contributed by atoms with Gasteiger partial charge in [-0.25, -0.2) is 18.4 Å². The molecule has 3 aromatic rings. The summed E-state index contributed by atoms with van der Waals surface area (Å²) >= 11 is 5.86. The van der Waals surface area contributed by atoms with Gasteiger partial charge in [0.05, 0.1) is 35.1 Å². The largest absolute Gasteiger partial charge is 0.453 e. The van der Waals surface area contributed by atoms with E-state index in [-0.39, 0.29) is 35.4 Å². The number of amides is 3. The van der Waals surface area contributed by atoms with E-state index >= 15 is 0 Å². The predicted molar refractivity (Wildman–Crippen MR) is 152 cm³/mol. The average molecular weight is 599 g/mol. The fraction of sp³-hybridized carbons (Fsp3) is 0.333. The minimum atomic E-state index is -1.12. The van der Waals surface area contributed by atoms with Gasteiger partial charge in [-0.15, -0.1) is 0 Å². The summed E-state index contributed by atoms with van der Waals surface area (Å²) in [7, 11) is 1.25. The second-order valence-electron chi connectivity index (χ2n) is 10.3. The van der Waals surface area contributed by atoms with Gasteiger partial charge in [-0.2, -0.15) is 0 Å². The van der Waals surface area contributed by atoms with E-state index in [0.29, 0.717) is 41.9 Å². The van der Waals surface area contributed by atoms with Crippen molar-refractivity contribution in [3.05, 3.63) is 76.4 Å². The maximum atomic E-state index is 14.7. The van der Waals surface area contributed by atoms with Crippen LogP contribution in [0.25, 0.3) is 11.3 Å². The zero-order valence-electron chi connectivity index (χ0n) is 23.0. The van der Waals surface area contributed by atoms with Crippen LogP contribution in [0.15, 0.2) is 48.7 Å². The molecule has 0 saturated carbocycles. The fourth-order valence-electron chi connectivity index (χ4n) is 5.35. The van der Waals surface area contributed by atoms with Crippen LogP contribution in [0.2, 0.25) is 5.02 Å². The van der Waals surface area contributed by atoms with Gasteiger partial charge in [0.2, 0.25) is 5.91 Å². The zero-order valence-corrected chi connectivity index (χ0v) is 23.7. The summed E-state index contributed by atoms with van der Waals surface area (Å²) in [6.45, 7) is 2.00. The topological polar surface area (TPSA) is 110 Å². The van der Waals surface area contributed by atoms with Gasteiger partial charge < -0.3 is 19.7 Å². The molecule has 42 heavy (non-hydrogen) atoms. The molecule has 1 saturated heterocycles. The van der Waals surface area contributed by atoms with Crippen molar-refractivity contribution < 1.29 is 32.6 Å². The number of fused-ring (bicyclic) bond motifs is 4. The first-order chi connectivity index (χ1) is 20.2. The highest BCUT2D eigenvalue weighted by molar-refractivity contribution is 6.30. The Balaban J connectivity index is 1.48. The molecule has 3 heterocycles. The smallest absolute Gasteiger partial charge is 0.411 e. The Labute approximate surface area is 246 Å². The van der Waals surface area contributed by atoms with Gasteiger partial charge in [-0.3, -0.25) is 15.1 Å². The number of hydrogen-bond acceptors (Lipinski definition) is 6. The van der Waals surface area contributed by atoms with Crippen LogP contribution >= 0.6 is 11.6 Å². The second kappa shape index (κ2) is 12.3. The summed E-state index contributed by atoms with van der Waals surface area (Å²) in [5.41, 5.74) is 2.45. The third-order valence-corrected chi connectivity index (χ3v) is 7.90. The Morgan fingerprint density at radius 1 is 1.14 bits per heavy atom. The second-order valence-corrected chi connectivity index (χ2v) is 10.7.